The minimum absolute atomic E-state index is 0.0620. The minimum atomic E-state index is -0.938. The average Bonchev–Trinajstić information content (AvgIpc) is 3.39. The molecule has 0 radical (unpaired) electrons. The molecular formula is C33H45N5O8. The normalized spacial score (nSPS) is 14.0. The van der Waals surface area contributed by atoms with Gasteiger partial charge < -0.3 is 41.2 Å². The van der Waals surface area contributed by atoms with Crippen LogP contribution in [0.4, 0.5) is 4.79 Å². The van der Waals surface area contributed by atoms with Crippen molar-refractivity contribution < 1.29 is 39.9 Å². The van der Waals surface area contributed by atoms with Crippen molar-refractivity contribution in [3.05, 3.63) is 59.7 Å². The molecule has 13 heteroatoms. The van der Waals surface area contributed by atoms with Crippen molar-refractivity contribution in [2.75, 3.05) is 39.5 Å². The summed E-state index contributed by atoms with van der Waals surface area (Å²) in [6, 6.07) is 14.2. The van der Waals surface area contributed by atoms with Crippen LogP contribution < -0.4 is 26.6 Å². The highest BCUT2D eigenvalue weighted by atomic mass is 16.5. The Morgan fingerprint density at radius 3 is 2.09 bits per heavy atom. The van der Waals surface area contributed by atoms with Crippen molar-refractivity contribution in [3.8, 4) is 11.1 Å². The quantitative estimate of drug-likeness (QED) is 0.132. The molecule has 1 aliphatic rings. The van der Waals surface area contributed by atoms with Crippen LogP contribution in [0.5, 0.6) is 0 Å². The van der Waals surface area contributed by atoms with Crippen molar-refractivity contribution in [1.82, 2.24) is 26.6 Å². The van der Waals surface area contributed by atoms with Gasteiger partial charge in [0.2, 0.25) is 23.6 Å². The van der Waals surface area contributed by atoms with Gasteiger partial charge in [0.1, 0.15) is 18.7 Å². The Kier molecular flexibility index (Phi) is 13.8. The van der Waals surface area contributed by atoms with Crippen LogP contribution in [-0.2, 0) is 28.7 Å². The van der Waals surface area contributed by atoms with Crippen LogP contribution in [0.3, 0.4) is 0 Å². The minimum Gasteiger partial charge on any atom is -0.449 e. The van der Waals surface area contributed by atoms with E-state index in [4.69, 9.17) is 10.8 Å². The first kappa shape index (κ1) is 34.4. The van der Waals surface area contributed by atoms with Gasteiger partial charge in [-0.2, -0.15) is 0 Å². The zero-order valence-electron chi connectivity index (χ0n) is 27.3. The summed E-state index contributed by atoms with van der Waals surface area (Å²) in [5.74, 6) is -1.93. The van der Waals surface area contributed by atoms with Crippen LogP contribution in [0.25, 0.3) is 11.1 Å². The number of benzene rings is 2. The molecule has 46 heavy (non-hydrogen) atoms. The molecule has 1 unspecified atom stereocenters. The number of hydrogen-bond donors (Lipinski definition) is 6. The zero-order chi connectivity index (χ0) is 34.2. The van der Waals surface area contributed by atoms with Crippen molar-refractivity contribution in [3.63, 3.8) is 0 Å². The molecule has 2 aromatic carbocycles. The first-order valence-electron chi connectivity index (χ1n) is 16.1. The fourth-order valence-corrected chi connectivity index (χ4v) is 4.87. The first-order chi connectivity index (χ1) is 22.6. The van der Waals surface area contributed by atoms with Crippen LogP contribution >= 0.6 is 0 Å². The number of aliphatic hydroxyl groups excluding tert-OH is 1. The highest BCUT2D eigenvalue weighted by Gasteiger charge is 2.29. The fourth-order valence-electron chi connectivity index (χ4n) is 4.87. The number of amides is 5. The van der Waals surface area contributed by atoms with Crippen molar-refractivity contribution in [1.29, 1.82) is 0 Å². The van der Waals surface area contributed by atoms with Gasteiger partial charge in [-0.05, 0) is 49.4 Å². The second kappa shape index (κ2) is 18.5. The lowest BCUT2D eigenvalue weighted by Crippen LogP contribution is -2.52. The van der Waals surface area contributed by atoms with Crippen LogP contribution in [-0.4, -0.2) is 92.5 Å². The van der Waals surface area contributed by atoms with Gasteiger partial charge in [0, 0.05) is 46.4 Å². The Bertz CT molecular complexity index is 1330. The number of hydrogen-bond acceptors (Lipinski definition) is 8. The van der Waals surface area contributed by atoms with Gasteiger partial charge in [0.05, 0.1) is 12.7 Å². The van der Waals surface area contributed by atoms with E-state index in [0.717, 1.165) is 22.3 Å². The number of fused-ring (bicyclic) bond motifs is 3. The summed E-state index contributed by atoms with van der Waals surface area (Å²) in [5, 5.41) is 22.2. The third-order valence-electron chi connectivity index (χ3n) is 7.24. The third kappa shape index (κ3) is 11.5. The SMILES string of the molecule is [2H]CC(O)COCCCNC(=O)CCC(=O)N[C@@H](C)C(=O)N[C@@H](C)C(=O)NCCNC(=O)OCC1c2ccccc2-c2ccccc21. The summed E-state index contributed by atoms with van der Waals surface area (Å²) >= 11 is 0. The standard InChI is InChI=1S/C33H45N5O8/c1-21(39)19-45-18-8-15-34-29(40)13-14-30(41)37-23(3)32(43)38-22(2)31(42)35-16-17-36-33(44)46-20-28-26-11-6-4-9-24(26)25-10-5-7-12-27(25)28/h4-7,9-12,21-23,28,39H,8,13-20H2,1-3H3,(H,34,40)(H,35,42)(H,36,44)(H,37,41)(H,38,43)/t21?,22-,23-/m0/s1/i1D. The van der Waals surface area contributed by atoms with E-state index in [9.17, 15) is 29.1 Å². The number of alkyl carbamates (subject to hydrolysis) is 1. The molecule has 250 valence electrons. The number of carbonyl (C=O) groups excluding carboxylic acids is 5. The number of nitrogens with one attached hydrogen (secondary N) is 5. The van der Waals surface area contributed by atoms with E-state index in [-0.39, 0.29) is 57.9 Å². The number of carbonyl (C=O) groups is 5. The Morgan fingerprint density at radius 1 is 0.804 bits per heavy atom. The molecule has 5 amide bonds. The molecule has 0 aromatic heterocycles. The van der Waals surface area contributed by atoms with Crippen LogP contribution in [0.2, 0.25) is 0 Å². The molecule has 0 heterocycles. The lowest BCUT2D eigenvalue weighted by molar-refractivity contribution is -0.132. The summed E-state index contributed by atoms with van der Waals surface area (Å²) in [6.45, 7) is 3.95. The maximum absolute atomic E-state index is 12.5. The lowest BCUT2D eigenvalue weighted by Gasteiger charge is -2.18. The van der Waals surface area contributed by atoms with Gasteiger partial charge in [-0.25, -0.2) is 4.79 Å². The van der Waals surface area contributed by atoms with Crippen LogP contribution in [0.15, 0.2) is 48.5 Å². The topological polar surface area (TPSA) is 184 Å². The highest BCUT2D eigenvalue weighted by Crippen LogP contribution is 2.44. The molecule has 3 rings (SSSR count). The van der Waals surface area contributed by atoms with Gasteiger partial charge in [-0.15, -0.1) is 0 Å². The molecule has 3 atom stereocenters. The van der Waals surface area contributed by atoms with Gasteiger partial charge in [0.25, 0.3) is 0 Å². The second-order valence-corrected chi connectivity index (χ2v) is 11.0. The Morgan fingerprint density at radius 2 is 1.41 bits per heavy atom. The van der Waals surface area contributed by atoms with Gasteiger partial charge in [0.15, 0.2) is 0 Å². The molecule has 2 aromatic rings. The molecule has 6 N–H and O–H groups in total. The van der Waals surface area contributed by atoms with Gasteiger partial charge >= 0.3 is 6.09 Å². The molecule has 1 aliphatic carbocycles. The van der Waals surface area contributed by atoms with E-state index in [1.165, 1.54) is 13.8 Å². The molecule has 0 saturated carbocycles. The Balaban J connectivity index is 1.25. The maximum Gasteiger partial charge on any atom is 0.407 e. The monoisotopic (exact) mass is 640 g/mol. The first-order valence-corrected chi connectivity index (χ1v) is 15.4. The van der Waals surface area contributed by atoms with Gasteiger partial charge in [-0.1, -0.05) is 48.5 Å². The summed E-state index contributed by atoms with van der Waals surface area (Å²) in [5.41, 5.74) is 4.48. The summed E-state index contributed by atoms with van der Waals surface area (Å²) < 4.78 is 17.7. The van der Waals surface area contributed by atoms with E-state index >= 15 is 0 Å². The fraction of sp³-hybridized carbons (Fsp3) is 0.485. The van der Waals surface area contributed by atoms with Crippen molar-refractivity contribution in [2.24, 2.45) is 0 Å². The molecule has 0 bridgehead atoms. The number of aliphatic hydroxyl groups is 1. The smallest absolute Gasteiger partial charge is 0.407 e. The van der Waals surface area contributed by atoms with E-state index in [1.807, 2.05) is 36.4 Å². The number of ether oxygens (including phenoxy) is 2. The third-order valence-corrected chi connectivity index (χ3v) is 7.24. The summed E-state index contributed by atoms with van der Waals surface area (Å²) in [6.07, 6.45) is -1.11. The Hall–Kier alpha value is -4.49. The Labute approximate surface area is 270 Å². The molecule has 13 nitrogen and oxygen atoms in total. The second-order valence-electron chi connectivity index (χ2n) is 11.0. The maximum atomic E-state index is 12.5. The predicted octanol–water partition coefficient (Wildman–Crippen LogP) is 1.33. The largest absolute Gasteiger partial charge is 0.449 e. The van der Waals surface area contributed by atoms with E-state index in [0.29, 0.717) is 19.6 Å². The van der Waals surface area contributed by atoms with Gasteiger partial charge in [-0.3, -0.25) is 19.2 Å². The zero-order valence-corrected chi connectivity index (χ0v) is 26.3. The summed E-state index contributed by atoms with van der Waals surface area (Å²) in [7, 11) is 0. The van der Waals surface area contributed by atoms with Crippen molar-refractivity contribution in [2.45, 2.75) is 64.1 Å². The molecule has 0 aliphatic heterocycles. The summed E-state index contributed by atoms with van der Waals surface area (Å²) in [4.78, 5) is 61.4. The van der Waals surface area contributed by atoms with E-state index in [2.05, 4.69) is 38.7 Å². The van der Waals surface area contributed by atoms with Crippen molar-refractivity contribution >= 4 is 29.7 Å². The highest BCUT2D eigenvalue weighted by molar-refractivity contribution is 5.92. The van der Waals surface area contributed by atoms with E-state index < -0.39 is 42.0 Å². The molecular weight excluding hydrogens is 594 g/mol. The molecule has 0 fully saturated rings. The van der Waals surface area contributed by atoms with Crippen LogP contribution in [0, 0.1) is 0 Å². The average molecular weight is 641 g/mol. The lowest BCUT2D eigenvalue weighted by atomic mass is 9.98. The van der Waals surface area contributed by atoms with E-state index in [1.54, 1.807) is 0 Å². The number of rotatable bonds is 18. The molecule has 0 saturated heterocycles. The molecule has 0 spiro atoms. The predicted molar refractivity (Wildman–Crippen MR) is 171 cm³/mol. The van der Waals surface area contributed by atoms with Crippen LogP contribution in [0.1, 0.15) is 58.4 Å².